The number of rotatable bonds is 4. The number of nitrogens with one attached hydrogen (secondary N) is 1. The van der Waals surface area contributed by atoms with Gasteiger partial charge in [0, 0.05) is 25.2 Å². The van der Waals surface area contributed by atoms with Crippen molar-refractivity contribution in [2.75, 3.05) is 29.9 Å². The molecule has 2 saturated heterocycles. The van der Waals surface area contributed by atoms with E-state index in [1.165, 1.54) is 16.8 Å². The van der Waals surface area contributed by atoms with Crippen LogP contribution >= 0.6 is 0 Å². The third kappa shape index (κ3) is 4.13. The van der Waals surface area contributed by atoms with Crippen LogP contribution in [0.25, 0.3) is 5.65 Å². The largest absolute Gasteiger partial charge is 0.481 e. The number of amides is 2. The third-order valence-electron chi connectivity index (χ3n) is 6.58. The quantitative estimate of drug-likeness (QED) is 0.603. The summed E-state index contributed by atoms with van der Waals surface area (Å²) in [5, 5.41) is 16.6. The Labute approximate surface area is 194 Å². The van der Waals surface area contributed by atoms with E-state index in [-0.39, 0.29) is 12.1 Å². The van der Waals surface area contributed by atoms with Gasteiger partial charge in [-0.15, -0.1) is 5.10 Å². The number of hydrogen-bond donors (Lipinski definition) is 2. The molecule has 0 bridgehead atoms. The highest BCUT2D eigenvalue weighted by atomic mass is 19.1. The van der Waals surface area contributed by atoms with Gasteiger partial charge in [0.15, 0.2) is 11.5 Å². The van der Waals surface area contributed by atoms with E-state index >= 15 is 0 Å². The average molecular weight is 470 g/mol. The minimum absolute atomic E-state index is 0.295. The predicted octanol–water partition coefficient (Wildman–Crippen LogP) is 3.68. The van der Waals surface area contributed by atoms with Gasteiger partial charge in [0.2, 0.25) is 0 Å². The number of piperidine rings is 1. The SMILES string of the molecule is O=C(O)C1CCN(C(=O)Nc2cnc3ccc(N4CCC[C@@H]4c4cc(F)ccc4F)nn23)CC1. The number of aromatic nitrogens is 3. The molecule has 178 valence electrons. The summed E-state index contributed by atoms with van der Waals surface area (Å²) in [4.78, 5) is 31.7. The summed E-state index contributed by atoms with van der Waals surface area (Å²) >= 11 is 0. The molecule has 2 aliphatic heterocycles. The molecule has 2 fully saturated rings. The highest BCUT2D eigenvalue weighted by molar-refractivity contribution is 5.89. The molecule has 1 aromatic carbocycles. The summed E-state index contributed by atoms with van der Waals surface area (Å²) in [5.41, 5.74) is 0.819. The fourth-order valence-electron chi connectivity index (χ4n) is 4.75. The Bertz CT molecular complexity index is 1240. The van der Waals surface area contributed by atoms with Crippen LogP contribution in [0.15, 0.2) is 36.5 Å². The smallest absolute Gasteiger partial charge is 0.323 e. The number of carbonyl (C=O) groups is 2. The number of benzene rings is 1. The molecular weight excluding hydrogens is 446 g/mol. The number of anilines is 2. The van der Waals surface area contributed by atoms with E-state index in [1.54, 1.807) is 17.0 Å². The molecule has 11 heteroatoms. The number of urea groups is 1. The monoisotopic (exact) mass is 470 g/mol. The maximum atomic E-state index is 14.5. The van der Waals surface area contributed by atoms with E-state index in [1.807, 2.05) is 4.90 Å². The van der Waals surface area contributed by atoms with Crippen LogP contribution in [0.4, 0.5) is 25.2 Å². The molecule has 0 unspecified atom stereocenters. The summed E-state index contributed by atoms with van der Waals surface area (Å²) in [6, 6.07) is 6.31. The van der Waals surface area contributed by atoms with Crippen molar-refractivity contribution in [2.45, 2.75) is 31.7 Å². The Morgan fingerprint density at radius 1 is 1.06 bits per heavy atom. The lowest BCUT2D eigenvalue weighted by atomic mass is 9.97. The van der Waals surface area contributed by atoms with Gasteiger partial charge < -0.3 is 14.9 Å². The lowest BCUT2D eigenvalue weighted by Gasteiger charge is -2.30. The minimum atomic E-state index is -0.836. The second-order valence-electron chi connectivity index (χ2n) is 8.65. The summed E-state index contributed by atoms with van der Waals surface area (Å²) in [6.07, 6.45) is 3.79. The van der Waals surface area contributed by atoms with Gasteiger partial charge in [-0.05, 0) is 56.0 Å². The first kappa shape index (κ1) is 22.1. The average Bonchev–Trinajstić information content (AvgIpc) is 3.48. The molecule has 1 atom stereocenters. The summed E-state index contributed by atoms with van der Waals surface area (Å²) in [7, 11) is 0. The number of carboxylic acids is 1. The van der Waals surface area contributed by atoms with E-state index in [4.69, 9.17) is 5.11 Å². The van der Waals surface area contributed by atoms with E-state index < -0.39 is 23.5 Å². The number of halogens is 2. The molecule has 0 saturated carbocycles. The normalized spacial score (nSPS) is 19.1. The van der Waals surface area contributed by atoms with Crippen molar-refractivity contribution in [3.63, 3.8) is 0 Å². The third-order valence-corrected chi connectivity index (χ3v) is 6.58. The van der Waals surface area contributed by atoms with Crippen LogP contribution in [0.1, 0.15) is 37.3 Å². The molecule has 2 N–H and O–H groups in total. The van der Waals surface area contributed by atoms with Crippen LogP contribution in [-0.2, 0) is 4.79 Å². The maximum Gasteiger partial charge on any atom is 0.323 e. The van der Waals surface area contributed by atoms with E-state index in [0.717, 1.165) is 18.6 Å². The van der Waals surface area contributed by atoms with Crippen molar-refractivity contribution in [1.29, 1.82) is 0 Å². The Balaban J connectivity index is 1.36. The number of hydrogen-bond acceptors (Lipinski definition) is 5. The van der Waals surface area contributed by atoms with Gasteiger partial charge in [0.25, 0.3) is 0 Å². The van der Waals surface area contributed by atoms with E-state index in [0.29, 0.717) is 61.7 Å². The lowest BCUT2D eigenvalue weighted by Crippen LogP contribution is -2.42. The van der Waals surface area contributed by atoms with Crippen molar-refractivity contribution >= 4 is 29.3 Å². The molecule has 34 heavy (non-hydrogen) atoms. The zero-order chi connectivity index (χ0) is 23.8. The van der Waals surface area contributed by atoms with Gasteiger partial charge in [-0.2, -0.15) is 4.52 Å². The Morgan fingerprint density at radius 3 is 2.62 bits per heavy atom. The second kappa shape index (κ2) is 8.88. The van der Waals surface area contributed by atoms with Gasteiger partial charge in [-0.1, -0.05) is 0 Å². The summed E-state index contributed by atoms with van der Waals surface area (Å²) < 4.78 is 29.8. The molecule has 2 amide bonds. The molecule has 2 aliphatic rings. The van der Waals surface area contributed by atoms with Gasteiger partial charge in [0.05, 0.1) is 18.2 Å². The molecule has 4 heterocycles. The molecule has 0 aliphatic carbocycles. The zero-order valence-corrected chi connectivity index (χ0v) is 18.3. The van der Waals surface area contributed by atoms with Gasteiger partial charge in [-0.25, -0.2) is 18.6 Å². The first-order valence-electron chi connectivity index (χ1n) is 11.3. The highest BCUT2D eigenvalue weighted by Gasteiger charge is 2.31. The summed E-state index contributed by atoms with van der Waals surface area (Å²) in [5.74, 6) is -1.28. The second-order valence-corrected chi connectivity index (χ2v) is 8.65. The molecule has 0 spiro atoms. The summed E-state index contributed by atoms with van der Waals surface area (Å²) in [6.45, 7) is 1.34. The Kier molecular flexibility index (Phi) is 5.76. The molecule has 3 aromatic rings. The fourth-order valence-corrected chi connectivity index (χ4v) is 4.75. The van der Waals surface area contributed by atoms with Crippen molar-refractivity contribution in [1.82, 2.24) is 19.5 Å². The van der Waals surface area contributed by atoms with Crippen LogP contribution in [0.3, 0.4) is 0 Å². The number of aliphatic carboxylic acids is 1. The molecule has 2 aromatic heterocycles. The Morgan fingerprint density at radius 2 is 1.85 bits per heavy atom. The number of carbonyl (C=O) groups excluding carboxylic acids is 1. The van der Waals surface area contributed by atoms with Crippen LogP contribution < -0.4 is 10.2 Å². The number of nitrogens with zero attached hydrogens (tertiary/aromatic N) is 5. The molecule has 0 radical (unpaired) electrons. The minimum Gasteiger partial charge on any atom is -0.481 e. The zero-order valence-electron chi connectivity index (χ0n) is 18.3. The van der Waals surface area contributed by atoms with Crippen molar-refractivity contribution < 1.29 is 23.5 Å². The number of likely N-dealkylation sites (tertiary alicyclic amines) is 1. The van der Waals surface area contributed by atoms with Crippen LogP contribution in [0.2, 0.25) is 0 Å². The van der Waals surface area contributed by atoms with Gasteiger partial charge >= 0.3 is 12.0 Å². The van der Waals surface area contributed by atoms with Crippen LogP contribution in [0, 0.1) is 17.6 Å². The maximum absolute atomic E-state index is 14.5. The van der Waals surface area contributed by atoms with Crippen LogP contribution in [0.5, 0.6) is 0 Å². The predicted molar refractivity (Wildman–Crippen MR) is 120 cm³/mol. The van der Waals surface area contributed by atoms with Gasteiger partial charge in [-0.3, -0.25) is 10.1 Å². The lowest BCUT2D eigenvalue weighted by molar-refractivity contribution is -0.143. The van der Waals surface area contributed by atoms with Gasteiger partial charge in [0.1, 0.15) is 17.5 Å². The standard InChI is InChI=1S/C23H24F2N6O3/c24-15-3-4-17(25)16(12-15)18-2-1-9-30(18)20-6-5-19-26-13-21(31(19)28-20)27-23(34)29-10-7-14(8-11-29)22(32)33/h3-6,12-14,18H,1-2,7-11H2,(H,27,34)(H,32,33)/t18-/m1/s1. The number of imidazole rings is 1. The fraction of sp³-hybridized carbons (Fsp3) is 0.391. The Hall–Kier alpha value is -3.76. The number of carboxylic acid groups (broad SMARTS) is 1. The van der Waals surface area contributed by atoms with E-state index in [9.17, 15) is 18.4 Å². The van der Waals surface area contributed by atoms with E-state index in [2.05, 4.69) is 15.4 Å². The topological polar surface area (TPSA) is 103 Å². The molecule has 9 nitrogen and oxygen atoms in total. The first-order chi connectivity index (χ1) is 16.4. The van der Waals surface area contributed by atoms with Crippen molar-refractivity contribution in [3.05, 3.63) is 53.7 Å². The number of fused-ring (bicyclic) bond motifs is 1. The van der Waals surface area contributed by atoms with Crippen LogP contribution in [-0.4, -0.2) is 56.2 Å². The molecular formula is C23H24F2N6O3. The highest BCUT2D eigenvalue weighted by Crippen LogP contribution is 2.36. The van der Waals surface area contributed by atoms with Crippen molar-refractivity contribution in [3.8, 4) is 0 Å². The first-order valence-corrected chi connectivity index (χ1v) is 11.3. The van der Waals surface area contributed by atoms with Crippen molar-refractivity contribution in [2.24, 2.45) is 5.92 Å². The molecule has 5 rings (SSSR count).